The molecule has 1 N–H and O–H groups in total. The van der Waals surface area contributed by atoms with Crippen molar-refractivity contribution in [2.45, 2.75) is 32.6 Å². The van der Waals surface area contributed by atoms with Crippen molar-refractivity contribution in [1.29, 1.82) is 5.26 Å². The van der Waals surface area contributed by atoms with Crippen LogP contribution >= 0.6 is 11.3 Å². The summed E-state index contributed by atoms with van der Waals surface area (Å²) in [6.45, 7) is 5.22. The number of nitrogens with one attached hydrogen (secondary N) is 1. The monoisotopic (exact) mass is 408 g/mol. The van der Waals surface area contributed by atoms with Crippen molar-refractivity contribution in [3.8, 4) is 11.8 Å². The molecule has 29 heavy (non-hydrogen) atoms. The minimum atomic E-state index is -1.30. The molecular formula is C22H20N2O4S. The first-order valence-corrected chi connectivity index (χ1v) is 9.76. The SMILES string of the molecule is CC(C)(C)OC(=O)C(NC(=O)c1cc2cc(C#N)ccc2s1)Oc1ccccc1. The average molecular weight is 408 g/mol. The molecular weight excluding hydrogens is 388 g/mol. The summed E-state index contributed by atoms with van der Waals surface area (Å²) in [5.41, 5.74) is -0.216. The van der Waals surface area contributed by atoms with Gasteiger partial charge in [-0.2, -0.15) is 5.26 Å². The fourth-order valence-electron chi connectivity index (χ4n) is 2.54. The molecule has 0 aliphatic heterocycles. The van der Waals surface area contributed by atoms with Crippen molar-refractivity contribution in [3.63, 3.8) is 0 Å². The number of thiophene rings is 1. The molecule has 1 atom stereocenters. The van der Waals surface area contributed by atoms with Crippen molar-refractivity contribution in [2.75, 3.05) is 0 Å². The Morgan fingerprint density at radius 3 is 2.48 bits per heavy atom. The van der Waals surface area contributed by atoms with E-state index >= 15 is 0 Å². The van der Waals surface area contributed by atoms with Crippen LogP contribution in [0.4, 0.5) is 0 Å². The minimum Gasteiger partial charge on any atom is -0.459 e. The number of esters is 1. The van der Waals surface area contributed by atoms with E-state index in [0.717, 1.165) is 10.1 Å². The molecule has 3 rings (SSSR count). The van der Waals surface area contributed by atoms with E-state index in [1.807, 2.05) is 6.07 Å². The number of amides is 1. The van der Waals surface area contributed by atoms with Gasteiger partial charge in [-0.25, -0.2) is 4.79 Å². The molecule has 1 amide bonds. The third-order valence-electron chi connectivity index (χ3n) is 3.75. The van der Waals surface area contributed by atoms with Gasteiger partial charge in [-0.05, 0) is 62.6 Å². The van der Waals surface area contributed by atoms with Gasteiger partial charge in [0.1, 0.15) is 11.4 Å². The molecule has 0 aliphatic carbocycles. The number of carbonyl (C=O) groups is 2. The quantitative estimate of drug-likeness (QED) is 0.504. The Bertz CT molecular complexity index is 1080. The fraction of sp³-hybridized carbons (Fsp3) is 0.227. The summed E-state index contributed by atoms with van der Waals surface area (Å²) >= 11 is 1.27. The van der Waals surface area contributed by atoms with Crippen LogP contribution in [0.2, 0.25) is 0 Å². The third-order valence-corrected chi connectivity index (χ3v) is 4.86. The highest BCUT2D eigenvalue weighted by atomic mass is 32.1. The van der Waals surface area contributed by atoms with Crippen LogP contribution < -0.4 is 10.1 Å². The molecule has 0 spiro atoms. The molecule has 6 nitrogen and oxygen atoms in total. The van der Waals surface area contributed by atoms with Crippen LogP contribution in [0.5, 0.6) is 5.75 Å². The van der Waals surface area contributed by atoms with Crippen molar-refractivity contribution in [2.24, 2.45) is 0 Å². The van der Waals surface area contributed by atoms with E-state index < -0.39 is 23.7 Å². The molecule has 1 heterocycles. The van der Waals surface area contributed by atoms with E-state index in [2.05, 4.69) is 11.4 Å². The van der Waals surface area contributed by atoms with Gasteiger partial charge in [0.2, 0.25) is 0 Å². The number of nitrogens with zero attached hydrogens (tertiary/aromatic N) is 1. The number of para-hydroxylation sites is 1. The van der Waals surface area contributed by atoms with Crippen LogP contribution in [0.3, 0.4) is 0 Å². The van der Waals surface area contributed by atoms with Crippen LogP contribution in [-0.2, 0) is 9.53 Å². The number of hydrogen-bond acceptors (Lipinski definition) is 6. The summed E-state index contributed by atoms with van der Waals surface area (Å²) in [7, 11) is 0. The van der Waals surface area contributed by atoms with Crippen molar-refractivity contribution >= 4 is 33.3 Å². The van der Waals surface area contributed by atoms with Crippen molar-refractivity contribution < 1.29 is 19.1 Å². The highest BCUT2D eigenvalue weighted by Gasteiger charge is 2.29. The standard InChI is InChI=1S/C22H20N2O4S/c1-22(2,3)28-21(26)20(27-16-7-5-4-6-8-16)24-19(25)18-12-15-11-14(13-23)9-10-17(15)29-18/h4-12,20H,1-3H3,(H,24,25). The van der Waals surface area contributed by atoms with E-state index in [4.69, 9.17) is 14.7 Å². The lowest BCUT2D eigenvalue weighted by Crippen LogP contribution is -2.47. The molecule has 0 fully saturated rings. The largest absolute Gasteiger partial charge is 0.459 e. The molecule has 0 bridgehead atoms. The van der Waals surface area contributed by atoms with Crippen LogP contribution in [0.15, 0.2) is 54.6 Å². The zero-order valence-corrected chi connectivity index (χ0v) is 17.1. The second kappa shape index (κ2) is 8.33. The van der Waals surface area contributed by atoms with Crippen molar-refractivity contribution in [3.05, 3.63) is 65.0 Å². The van der Waals surface area contributed by atoms with Gasteiger partial charge in [-0.1, -0.05) is 18.2 Å². The summed E-state index contributed by atoms with van der Waals surface area (Å²) in [6, 6.07) is 17.7. The zero-order valence-electron chi connectivity index (χ0n) is 16.3. The Morgan fingerprint density at radius 1 is 1.10 bits per heavy atom. The molecule has 1 aromatic heterocycles. The number of benzene rings is 2. The first kappa shape index (κ1) is 20.4. The fourth-order valence-corrected chi connectivity index (χ4v) is 3.49. The Kier molecular flexibility index (Phi) is 5.85. The predicted molar refractivity (Wildman–Crippen MR) is 111 cm³/mol. The predicted octanol–water partition coefficient (Wildman–Crippen LogP) is 4.25. The maximum absolute atomic E-state index is 12.8. The molecule has 0 aliphatic rings. The second-order valence-electron chi connectivity index (χ2n) is 7.29. The third kappa shape index (κ3) is 5.33. The smallest absolute Gasteiger partial charge is 0.369 e. The topological polar surface area (TPSA) is 88.4 Å². The van der Waals surface area contributed by atoms with Crippen LogP contribution in [0.1, 0.15) is 36.0 Å². The average Bonchev–Trinajstić information content (AvgIpc) is 3.10. The minimum absolute atomic E-state index is 0.403. The first-order chi connectivity index (χ1) is 13.7. The number of ether oxygens (including phenoxy) is 2. The molecule has 1 unspecified atom stereocenters. The summed E-state index contributed by atoms with van der Waals surface area (Å²) in [6.07, 6.45) is -1.30. The Labute approximate surface area is 172 Å². The second-order valence-corrected chi connectivity index (χ2v) is 8.38. The number of rotatable bonds is 5. The summed E-state index contributed by atoms with van der Waals surface area (Å²) in [4.78, 5) is 25.8. The van der Waals surface area contributed by atoms with Gasteiger partial charge in [0.25, 0.3) is 12.1 Å². The molecule has 0 radical (unpaired) electrons. The molecule has 0 saturated carbocycles. The highest BCUT2D eigenvalue weighted by Crippen LogP contribution is 2.26. The molecule has 3 aromatic rings. The maximum atomic E-state index is 12.8. The van der Waals surface area contributed by atoms with Crippen LogP contribution in [0.25, 0.3) is 10.1 Å². The number of nitriles is 1. The Balaban J connectivity index is 1.83. The van der Waals surface area contributed by atoms with Gasteiger partial charge in [0.05, 0.1) is 16.5 Å². The van der Waals surface area contributed by atoms with E-state index in [1.165, 1.54) is 11.3 Å². The van der Waals surface area contributed by atoms with Gasteiger partial charge < -0.3 is 14.8 Å². The van der Waals surface area contributed by atoms with E-state index in [1.54, 1.807) is 69.3 Å². The van der Waals surface area contributed by atoms with Gasteiger partial charge >= 0.3 is 5.97 Å². The molecule has 7 heteroatoms. The molecule has 0 saturated heterocycles. The van der Waals surface area contributed by atoms with E-state index in [-0.39, 0.29) is 0 Å². The molecule has 148 valence electrons. The van der Waals surface area contributed by atoms with Crippen molar-refractivity contribution in [1.82, 2.24) is 5.32 Å². The number of carbonyl (C=O) groups excluding carboxylic acids is 2. The van der Waals surface area contributed by atoms with Gasteiger partial charge in [0, 0.05) is 4.70 Å². The lowest BCUT2D eigenvalue weighted by molar-refractivity contribution is -0.164. The molecule has 2 aromatic carbocycles. The summed E-state index contributed by atoms with van der Waals surface area (Å²) in [5.74, 6) is -0.724. The Morgan fingerprint density at radius 2 is 1.83 bits per heavy atom. The van der Waals surface area contributed by atoms with E-state index in [0.29, 0.717) is 16.2 Å². The lowest BCUT2D eigenvalue weighted by atomic mass is 10.2. The van der Waals surface area contributed by atoms with Crippen LogP contribution in [0, 0.1) is 11.3 Å². The zero-order chi connectivity index (χ0) is 21.0. The Hall–Kier alpha value is -3.37. The summed E-state index contributed by atoms with van der Waals surface area (Å²) in [5, 5.41) is 12.4. The van der Waals surface area contributed by atoms with Gasteiger partial charge in [-0.3, -0.25) is 4.79 Å². The van der Waals surface area contributed by atoms with Gasteiger partial charge in [0.15, 0.2) is 0 Å². The van der Waals surface area contributed by atoms with E-state index in [9.17, 15) is 9.59 Å². The highest BCUT2D eigenvalue weighted by molar-refractivity contribution is 7.20. The maximum Gasteiger partial charge on any atom is 0.369 e. The van der Waals surface area contributed by atoms with Gasteiger partial charge in [-0.15, -0.1) is 11.3 Å². The first-order valence-electron chi connectivity index (χ1n) is 8.94. The lowest BCUT2D eigenvalue weighted by Gasteiger charge is -2.24. The summed E-state index contributed by atoms with van der Waals surface area (Å²) < 4.78 is 11.9. The normalized spacial score (nSPS) is 12.1. The number of hydrogen-bond donors (Lipinski definition) is 1. The number of fused-ring (bicyclic) bond motifs is 1. The van der Waals surface area contributed by atoms with Crippen LogP contribution in [-0.4, -0.2) is 23.7 Å².